The monoisotopic (exact) mass is 342 g/mol. The normalized spacial score (nSPS) is 12.2. The first-order valence-electron chi connectivity index (χ1n) is 7.88. The first-order valence-corrected chi connectivity index (χ1v) is 7.88. The van der Waals surface area contributed by atoms with Crippen molar-refractivity contribution in [2.45, 2.75) is 5.92 Å². The molecule has 0 bridgehead atoms. The summed E-state index contributed by atoms with van der Waals surface area (Å²) in [6, 6.07) is 16.2. The van der Waals surface area contributed by atoms with Gasteiger partial charge in [-0.2, -0.15) is 0 Å². The van der Waals surface area contributed by atoms with E-state index in [9.17, 15) is 9.59 Å². The zero-order chi connectivity index (χ0) is 17.6. The maximum Gasteiger partial charge on any atom is 0.525 e. The lowest BCUT2D eigenvalue weighted by Gasteiger charge is -2.14. The summed E-state index contributed by atoms with van der Waals surface area (Å²) in [5, 5.41) is 10.8. The van der Waals surface area contributed by atoms with Crippen molar-refractivity contribution < 1.29 is 24.3 Å². The average Bonchev–Trinajstić information content (AvgIpc) is 2.93. The molecule has 0 saturated carbocycles. The number of fused-ring (bicyclic) bond motifs is 3. The molecule has 0 heterocycles. The molecule has 1 aliphatic carbocycles. The number of amides is 1. The number of alkyl carbamates (subject to hydrolysis) is 1. The topological polar surface area (TPSA) is 96.9 Å². The van der Waals surface area contributed by atoms with Gasteiger partial charge in [0.25, 0.3) is 0 Å². The second-order valence-electron chi connectivity index (χ2n) is 5.51. The molecule has 130 valence electrons. The highest BCUT2D eigenvalue weighted by Gasteiger charge is 2.28. The van der Waals surface area contributed by atoms with E-state index < -0.39 is 12.2 Å². The Kier molecular flexibility index (Phi) is 5.15. The van der Waals surface area contributed by atoms with Gasteiger partial charge in [-0.1, -0.05) is 48.5 Å². The van der Waals surface area contributed by atoms with Crippen LogP contribution >= 0.6 is 0 Å². The maximum absolute atomic E-state index is 11.8. The lowest BCUT2D eigenvalue weighted by molar-refractivity contribution is 0.0446. The first-order chi connectivity index (χ1) is 12.2. The first kappa shape index (κ1) is 16.8. The Bertz CT molecular complexity index is 732. The van der Waals surface area contributed by atoms with E-state index >= 15 is 0 Å². The number of carboxylic acid groups (broad SMARTS) is 1. The van der Waals surface area contributed by atoms with Gasteiger partial charge in [0.2, 0.25) is 0 Å². The number of benzene rings is 2. The smallest absolute Gasteiger partial charge is 0.449 e. The Morgan fingerprint density at radius 1 is 0.960 bits per heavy atom. The van der Waals surface area contributed by atoms with Crippen LogP contribution in [0.15, 0.2) is 48.5 Å². The van der Waals surface area contributed by atoms with Gasteiger partial charge in [-0.05, 0) is 22.3 Å². The summed E-state index contributed by atoms with van der Waals surface area (Å²) in [5.41, 5.74) is 6.82. The Balaban J connectivity index is 1.55. The maximum atomic E-state index is 11.8. The van der Waals surface area contributed by atoms with Crippen molar-refractivity contribution in [3.05, 3.63) is 59.7 Å². The Labute approximate surface area is 144 Å². The standard InChI is InChI=1S/C18H18N2O5/c21-17(19-9-10-20-25-18(22)23)24-11-16-14-7-3-1-5-12(14)13-6-2-4-8-15(13)16/h1-8,16,20H,9-11H2,(H,19,21)(H,22,23). The molecule has 0 aliphatic heterocycles. The van der Waals surface area contributed by atoms with E-state index in [2.05, 4.69) is 39.9 Å². The number of hydrogen-bond acceptors (Lipinski definition) is 5. The largest absolute Gasteiger partial charge is 0.525 e. The predicted molar refractivity (Wildman–Crippen MR) is 90.2 cm³/mol. The zero-order valence-corrected chi connectivity index (χ0v) is 13.4. The molecular weight excluding hydrogens is 324 g/mol. The minimum Gasteiger partial charge on any atom is -0.449 e. The third-order valence-electron chi connectivity index (χ3n) is 4.00. The van der Waals surface area contributed by atoms with Gasteiger partial charge in [-0.3, -0.25) is 0 Å². The summed E-state index contributed by atoms with van der Waals surface area (Å²) >= 11 is 0. The average molecular weight is 342 g/mol. The molecule has 0 saturated heterocycles. The van der Waals surface area contributed by atoms with Gasteiger partial charge < -0.3 is 20.0 Å². The van der Waals surface area contributed by atoms with E-state index in [1.165, 1.54) is 11.1 Å². The molecule has 1 aliphatic rings. The third-order valence-corrected chi connectivity index (χ3v) is 4.00. The van der Waals surface area contributed by atoms with E-state index in [1.807, 2.05) is 24.3 Å². The number of hydroxylamine groups is 1. The number of ether oxygens (including phenoxy) is 1. The van der Waals surface area contributed by atoms with Gasteiger partial charge in [0.1, 0.15) is 6.61 Å². The highest BCUT2D eigenvalue weighted by atomic mass is 16.8. The van der Waals surface area contributed by atoms with Gasteiger partial charge in [0.05, 0.1) is 0 Å². The van der Waals surface area contributed by atoms with Crippen LogP contribution in [0.5, 0.6) is 0 Å². The quantitative estimate of drug-likeness (QED) is 0.552. The Morgan fingerprint density at radius 2 is 1.56 bits per heavy atom. The summed E-state index contributed by atoms with van der Waals surface area (Å²) < 4.78 is 5.33. The number of carbonyl (C=O) groups excluding carboxylic acids is 1. The lowest BCUT2D eigenvalue weighted by atomic mass is 9.98. The number of carbonyl (C=O) groups is 2. The van der Waals surface area contributed by atoms with Gasteiger partial charge in [0.15, 0.2) is 0 Å². The Hall–Kier alpha value is -3.06. The van der Waals surface area contributed by atoms with E-state index in [4.69, 9.17) is 9.84 Å². The van der Waals surface area contributed by atoms with Crippen LogP contribution < -0.4 is 10.8 Å². The molecule has 7 heteroatoms. The van der Waals surface area contributed by atoms with Crippen LogP contribution in [-0.2, 0) is 9.57 Å². The van der Waals surface area contributed by atoms with E-state index in [1.54, 1.807) is 0 Å². The van der Waals surface area contributed by atoms with Crippen molar-refractivity contribution in [2.24, 2.45) is 0 Å². The van der Waals surface area contributed by atoms with Gasteiger partial charge in [-0.25, -0.2) is 9.59 Å². The summed E-state index contributed by atoms with van der Waals surface area (Å²) in [6.07, 6.45) is -1.99. The Morgan fingerprint density at radius 3 is 2.16 bits per heavy atom. The molecule has 0 fully saturated rings. The van der Waals surface area contributed by atoms with Gasteiger partial charge in [-0.15, -0.1) is 5.48 Å². The molecule has 0 unspecified atom stereocenters. The second kappa shape index (κ2) is 7.67. The molecule has 0 atom stereocenters. The third kappa shape index (κ3) is 3.89. The van der Waals surface area contributed by atoms with Crippen LogP contribution in [0.2, 0.25) is 0 Å². The molecule has 2 aromatic carbocycles. The number of nitrogens with one attached hydrogen (secondary N) is 2. The zero-order valence-electron chi connectivity index (χ0n) is 13.4. The molecule has 2 aromatic rings. The van der Waals surface area contributed by atoms with Crippen molar-refractivity contribution in [1.82, 2.24) is 10.8 Å². The lowest BCUT2D eigenvalue weighted by Crippen LogP contribution is -2.33. The summed E-state index contributed by atoms with van der Waals surface area (Å²) in [5.74, 6) is 0.00613. The van der Waals surface area contributed by atoms with Crippen LogP contribution in [0.3, 0.4) is 0 Å². The fourth-order valence-corrected chi connectivity index (χ4v) is 2.98. The predicted octanol–water partition coefficient (Wildman–Crippen LogP) is 2.72. The molecule has 0 spiro atoms. The highest BCUT2D eigenvalue weighted by molar-refractivity contribution is 5.79. The minimum absolute atomic E-state index is 0.00613. The second-order valence-corrected chi connectivity index (χ2v) is 5.51. The molecule has 3 N–H and O–H groups in total. The fraction of sp³-hybridized carbons (Fsp3) is 0.222. The molecular formula is C18H18N2O5. The van der Waals surface area contributed by atoms with Crippen LogP contribution in [-0.4, -0.2) is 37.1 Å². The molecule has 0 radical (unpaired) electrons. The van der Waals surface area contributed by atoms with Crippen LogP contribution in [0.1, 0.15) is 17.0 Å². The van der Waals surface area contributed by atoms with Crippen molar-refractivity contribution in [1.29, 1.82) is 0 Å². The van der Waals surface area contributed by atoms with E-state index in [0.717, 1.165) is 11.1 Å². The van der Waals surface area contributed by atoms with E-state index in [0.29, 0.717) is 0 Å². The van der Waals surface area contributed by atoms with E-state index in [-0.39, 0.29) is 25.6 Å². The summed E-state index contributed by atoms with van der Waals surface area (Å²) in [4.78, 5) is 26.1. The molecule has 1 amide bonds. The molecule has 3 rings (SSSR count). The highest BCUT2D eigenvalue weighted by Crippen LogP contribution is 2.44. The van der Waals surface area contributed by atoms with Crippen LogP contribution in [0.4, 0.5) is 9.59 Å². The van der Waals surface area contributed by atoms with Crippen molar-refractivity contribution in [2.75, 3.05) is 19.7 Å². The van der Waals surface area contributed by atoms with Gasteiger partial charge in [0, 0.05) is 19.0 Å². The minimum atomic E-state index is -1.43. The summed E-state index contributed by atoms with van der Waals surface area (Å²) in [6.45, 7) is 0.569. The van der Waals surface area contributed by atoms with Crippen molar-refractivity contribution >= 4 is 12.2 Å². The molecule has 7 nitrogen and oxygen atoms in total. The van der Waals surface area contributed by atoms with Crippen LogP contribution in [0, 0.1) is 0 Å². The van der Waals surface area contributed by atoms with Crippen molar-refractivity contribution in [3.8, 4) is 11.1 Å². The molecule has 0 aromatic heterocycles. The van der Waals surface area contributed by atoms with Crippen LogP contribution in [0.25, 0.3) is 11.1 Å². The van der Waals surface area contributed by atoms with Gasteiger partial charge >= 0.3 is 12.2 Å². The number of rotatable bonds is 6. The van der Waals surface area contributed by atoms with Crippen molar-refractivity contribution in [3.63, 3.8) is 0 Å². The SMILES string of the molecule is O=C(O)ONCCNC(=O)OCC1c2ccccc2-c2ccccc21. The fourth-order valence-electron chi connectivity index (χ4n) is 2.98. The molecule has 25 heavy (non-hydrogen) atoms. The number of hydrogen-bond donors (Lipinski definition) is 3. The summed E-state index contributed by atoms with van der Waals surface area (Å²) in [7, 11) is 0.